The van der Waals surface area contributed by atoms with Gasteiger partial charge in [-0.25, -0.2) is 4.98 Å². The second kappa shape index (κ2) is 8.38. The summed E-state index contributed by atoms with van der Waals surface area (Å²) in [4.78, 5) is 50.5. The number of aryl methyl sites for hydroxylation is 1. The number of benzene rings is 2. The molecular formula is C24H17ClN4O3S. The van der Waals surface area contributed by atoms with Crippen LogP contribution >= 0.6 is 22.9 Å². The Labute approximate surface area is 198 Å². The van der Waals surface area contributed by atoms with Gasteiger partial charge < -0.3 is 0 Å². The normalized spacial score (nSPS) is 13.0. The van der Waals surface area contributed by atoms with Crippen molar-refractivity contribution in [1.29, 1.82) is 0 Å². The molecule has 1 aliphatic rings. The Kier molecular flexibility index (Phi) is 5.39. The molecule has 7 nitrogen and oxygen atoms in total. The minimum Gasteiger partial charge on any atom is -0.280 e. The molecule has 3 heterocycles. The summed E-state index contributed by atoms with van der Waals surface area (Å²) < 4.78 is 0.842. The fourth-order valence-corrected chi connectivity index (χ4v) is 5.21. The van der Waals surface area contributed by atoms with Crippen LogP contribution in [-0.4, -0.2) is 39.1 Å². The number of hydrogen-bond acceptors (Lipinski definition) is 6. The van der Waals surface area contributed by atoms with Crippen LogP contribution in [-0.2, 0) is 11.3 Å². The Balaban J connectivity index is 1.50. The van der Waals surface area contributed by atoms with Gasteiger partial charge in [0, 0.05) is 11.2 Å². The third-order valence-corrected chi connectivity index (χ3v) is 6.63. The largest absolute Gasteiger partial charge is 0.280 e. The Morgan fingerprint density at radius 1 is 1.06 bits per heavy atom. The van der Waals surface area contributed by atoms with E-state index in [2.05, 4.69) is 9.97 Å². The van der Waals surface area contributed by atoms with Gasteiger partial charge in [0.2, 0.25) is 5.91 Å². The maximum atomic E-state index is 13.5. The van der Waals surface area contributed by atoms with Crippen molar-refractivity contribution in [3.63, 3.8) is 0 Å². The number of amides is 3. The van der Waals surface area contributed by atoms with Gasteiger partial charge in [0.25, 0.3) is 11.8 Å². The molecule has 1 aliphatic heterocycles. The summed E-state index contributed by atoms with van der Waals surface area (Å²) in [5.74, 6) is -1.39. The van der Waals surface area contributed by atoms with E-state index in [1.54, 1.807) is 48.7 Å². The van der Waals surface area contributed by atoms with Gasteiger partial charge in [-0.05, 0) is 48.9 Å². The van der Waals surface area contributed by atoms with E-state index in [9.17, 15) is 14.4 Å². The Hall–Kier alpha value is -3.62. The fourth-order valence-electron chi connectivity index (χ4n) is 3.78. The van der Waals surface area contributed by atoms with Crippen LogP contribution in [0.4, 0.5) is 5.13 Å². The van der Waals surface area contributed by atoms with Crippen LogP contribution in [0.3, 0.4) is 0 Å². The molecule has 9 heteroatoms. The molecule has 0 unspecified atom stereocenters. The Morgan fingerprint density at radius 3 is 2.42 bits per heavy atom. The van der Waals surface area contributed by atoms with Crippen molar-refractivity contribution >= 4 is 56.0 Å². The predicted octanol–water partition coefficient (Wildman–Crippen LogP) is 4.48. The van der Waals surface area contributed by atoms with E-state index in [-0.39, 0.29) is 6.54 Å². The molecule has 0 fully saturated rings. The van der Waals surface area contributed by atoms with Crippen molar-refractivity contribution in [1.82, 2.24) is 14.9 Å². The first kappa shape index (κ1) is 21.2. The molecular weight excluding hydrogens is 460 g/mol. The number of rotatable bonds is 5. The number of thiazole rings is 1. The van der Waals surface area contributed by atoms with E-state index in [4.69, 9.17) is 11.6 Å². The summed E-state index contributed by atoms with van der Waals surface area (Å²) in [6, 6.07) is 15.6. The predicted molar refractivity (Wildman–Crippen MR) is 127 cm³/mol. The molecule has 0 saturated carbocycles. The molecule has 0 spiro atoms. The van der Waals surface area contributed by atoms with Gasteiger partial charge in [-0.2, -0.15) is 0 Å². The molecule has 164 valence electrons. The highest BCUT2D eigenvalue weighted by atomic mass is 35.5. The second-order valence-electron chi connectivity index (χ2n) is 7.61. The summed E-state index contributed by atoms with van der Waals surface area (Å²) in [5.41, 5.74) is 2.90. The van der Waals surface area contributed by atoms with Crippen LogP contribution in [0.1, 0.15) is 32.0 Å². The van der Waals surface area contributed by atoms with Gasteiger partial charge in [0.15, 0.2) is 5.13 Å². The van der Waals surface area contributed by atoms with Gasteiger partial charge in [-0.1, -0.05) is 41.1 Å². The Morgan fingerprint density at radius 2 is 1.76 bits per heavy atom. The Bertz CT molecular complexity index is 1390. The number of pyridine rings is 1. The fraction of sp³-hybridized carbons (Fsp3) is 0.125. The molecule has 2 aromatic heterocycles. The quantitative estimate of drug-likeness (QED) is 0.396. The maximum absolute atomic E-state index is 13.5. The van der Waals surface area contributed by atoms with Crippen molar-refractivity contribution in [3.05, 3.63) is 88.2 Å². The lowest BCUT2D eigenvalue weighted by Gasteiger charge is -2.22. The number of hydrogen-bond donors (Lipinski definition) is 0. The van der Waals surface area contributed by atoms with Crippen molar-refractivity contribution < 1.29 is 14.4 Å². The highest BCUT2D eigenvalue weighted by molar-refractivity contribution is 7.22. The van der Waals surface area contributed by atoms with E-state index in [0.717, 1.165) is 20.7 Å². The first-order chi connectivity index (χ1) is 15.9. The molecule has 0 bridgehead atoms. The van der Waals surface area contributed by atoms with E-state index >= 15 is 0 Å². The number of carbonyl (C=O) groups excluding carboxylic acids is 3. The number of aromatic nitrogens is 2. The van der Waals surface area contributed by atoms with Crippen LogP contribution in [0.25, 0.3) is 10.2 Å². The third-order valence-electron chi connectivity index (χ3n) is 5.39. The molecule has 0 aliphatic carbocycles. The van der Waals surface area contributed by atoms with Crippen molar-refractivity contribution in [2.75, 3.05) is 11.4 Å². The van der Waals surface area contributed by atoms with Crippen LogP contribution in [0.15, 0.2) is 60.8 Å². The summed E-state index contributed by atoms with van der Waals surface area (Å²) in [7, 11) is 0. The first-order valence-corrected chi connectivity index (χ1v) is 11.3. The SMILES string of the molecule is Cc1cc(Cl)cc2sc(N(Cc3ccccn3)C(=O)CN3C(=O)c4ccccc4C3=O)nc12. The molecule has 0 atom stereocenters. The lowest BCUT2D eigenvalue weighted by molar-refractivity contribution is -0.119. The smallest absolute Gasteiger partial charge is 0.262 e. The first-order valence-electron chi connectivity index (χ1n) is 10.1. The van der Waals surface area contributed by atoms with E-state index in [0.29, 0.717) is 27.0 Å². The standard InChI is InChI=1S/C24H17ClN4O3S/c1-14-10-15(25)11-19-21(14)27-24(33-19)28(12-16-6-4-5-9-26-16)20(30)13-29-22(31)17-7-2-3-8-18(17)23(29)32/h2-11H,12-13H2,1H3. The summed E-state index contributed by atoms with van der Waals surface area (Å²) >= 11 is 7.52. The highest BCUT2D eigenvalue weighted by Gasteiger charge is 2.37. The van der Waals surface area contributed by atoms with Gasteiger partial charge in [-0.3, -0.25) is 29.2 Å². The average Bonchev–Trinajstić information content (AvgIpc) is 3.33. The van der Waals surface area contributed by atoms with Crippen molar-refractivity contribution in [2.24, 2.45) is 0 Å². The number of imide groups is 1. The van der Waals surface area contributed by atoms with Gasteiger partial charge >= 0.3 is 0 Å². The molecule has 0 saturated heterocycles. The number of nitrogens with zero attached hydrogens (tertiary/aromatic N) is 4. The van der Waals surface area contributed by atoms with E-state index in [1.165, 1.54) is 16.2 Å². The maximum Gasteiger partial charge on any atom is 0.262 e. The average molecular weight is 477 g/mol. The zero-order valence-corrected chi connectivity index (χ0v) is 19.1. The van der Waals surface area contributed by atoms with Crippen LogP contribution < -0.4 is 4.90 Å². The van der Waals surface area contributed by atoms with Gasteiger partial charge in [0.1, 0.15) is 6.54 Å². The zero-order valence-electron chi connectivity index (χ0n) is 17.5. The molecule has 2 aromatic carbocycles. The molecule has 33 heavy (non-hydrogen) atoms. The molecule has 0 radical (unpaired) electrons. The summed E-state index contributed by atoms with van der Waals surface area (Å²) in [6.07, 6.45) is 1.64. The zero-order chi connectivity index (χ0) is 23.1. The molecule has 0 N–H and O–H groups in total. The summed E-state index contributed by atoms with van der Waals surface area (Å²) in [5, 5.41) is 1.03. The minimum atomic E-state index is -0.478. The topological polar surface area (TPSA) is 83.5 Å². The number of halogens is 1. The van der Waals surface area contributed by atoms with Gasteiger partial charge in [0.05, 0.1) is 33.6 Å². The lowest BCUT2D eigenvalue weighted by atomic mass is 10.1. The number of anilines is 1. The monoisotopic (exact) mass is 476 g/mol. The van der Waals surface area contributed by atoms with E-state index in [1.807, 2.05) is 19.1 Å². The molecule has 3 amide bonds. The molecule has 5 rings (SSSR count). The number of carbonyl (C=O) groups is 3. The van der Waals surface area contributed by atoms with Crippen molar-refractivity contribution in [2.45, 2.75) is 13.5 Å². The highest BCUT2D eigenvalue weighted by Crippen LogP contribution is 2.34. The van der Waals surface area contributed by atoms with E-state index < -0.39 is 24.3 Å². The van der Waals surface area contributed by atoms with Crippen LogP contribution in [0, 0.1) is 6.92 Å². The number of fused-ring (bicyclic) bond motifs is 2. The minimum absolute atomic E-state index is 0.148. The van der Waals surface area contributed by atoms with Gasteiger partial charge in [-0.15, -0.1) is 0 Å². The third kappa shape index (κ3) is 3.88. The molecule has 4 aromatic rings. The summed E-state index contributed by atoms with van der Waals surface area (Å²) in [6.45, 7) is 1.66. The van der Waals surface area contributed by atoms with Crippen molar-refractivity contribution in [3.8, 4) is 0 Å². The van der Waals surface area contributed by atoms with Crippen LogP contribution in [0.5, 0.6) is 0 Å². The lowest BCUT2D eigenvalue weighted by Crippen LogP contribution is -2.42. The van der Waals surface area contributed by atoms with Crippen LogP contribution in [0.2, 0.25) is 5.02 Å². The second-order valence-corrected chi connectivity index (χ2v) is 9.05.